The van der Waals surface area contributed by atoms with Crippen LogP contribution in [0.15, 0.2) is 29.2 Å². The Hall–Kier alpha value is -1.60. The van der Waals surface area contributed by atoms with Crippen molar-refractivity contribution in [2.45, 2.75) is 74.5 Å². The fraction of sp³-hybridized carbons (Fsp3) is 0.667. The Bertz CT molecular complexity index is 742. The Morgan fingerprint density at radius 2 is 1.68 bits per heavy atom. The number of rotatable bonds is 7. The highest BCUT2D eigenvalue weighted by Gasteiger charge is 2.30. The summed E-state index contributed by atoms with van der Waals surface area (Å²) in [5, 5.41) is 5.26. The van der Waals surface area contributed by atoms with Crippen molar-refractivity contribution < 1.29 is 17.9 Å². The van der Waals surface area contributed by atoms with Gasteiger partial charge in [0.15, 0.2) is 9.84 Å². The van der Waals surface area contributed by atoms with Gasteiger partial charge in [-0.3, -0.25) is 0 Å². The number of carbonyl (C=O) groups is 1. The minimum absolute atomic E-state index is 0.263. The molecule has 28 heavy (non-hydrogen) atoms. The lowest BCUT2D eigenvalue weighted by molar-refractivity contribution is -0.00232. The van der Waals surface area contributed by atoms with E-state index in [0.717, 1.165) is 32.1 Å². The number of carbonyl (C=O) groups excluding carboxylic acids is 1. The Balaban J connectivity index is 1.41. The number of anilines is 1. The van der Waals surface area contributed by atoms with Gasteiger partial charge in [-0.2, -0.15) is 0 Å². The lowest BCUT2D eigenvalue weighted by atomic mass is 9.88. The van der Waals surface area contributed by atoms with E-state index in [9.17, 15) is 13.2 Å². The van der Waals surface area contributed by atoms with E-state index < -0.39 is 9.84 Å². The number of nitrogens with one attached hydrogen (secondary N) is 2. The van der Waals surface area contributed by atoms with Gasteiger partial charge in [-0.1, -0.05) is 32.6 Å². The lowest BCUT2D eigenvalue weighted by Crippen LogP contribution is -2.34. The molecule has 0 spiro atoms. The molecule has 0 heterocycles. The molecular formula is C21H32N2O4S. The normalized spacial score (nSPS) is 23.5. The lowest BCUT2D eigenvalue weighted by Gasteiger charge is -2.28. The topological polar surface area (TPSA) is 84.5 Å². The molecule has 7 heteroatoms. The van der Waals surface area contributed by atoms with Crippen LogP contribution in [0, 0.1) is 5.92 Å². The molecule has 2 N–H and O–H groups in total. The highest BCUT2D eigenvalue weighted by molar-refractivity contribution is 7.92. The minimum atomic E-state index is -3.26. The zero-order valence-corrected chi connectivity index (χ0v) is 17.5. The van der Waals surface area contributed by atoms with E-state index in [2.05, 4.69) is 17.6 Å². The molecule has 3 rings (SSSR count). The molecule has 0 saturated heterocycles. The highest BCUT2D eigenvalue weighted by atomic mass is 32.2. The molecule has 0 aliphatic heterocycles. The second kappa shape index (κ2) is 9.74. The van der Waals surface area contributed by atoms with Gasteiger partial charge in [-0.05, 0) is 55.9 Å². The molecule has 0 unspecified atom stereocenters. The molecule has 2 amide bonds. The quantitative estimate of drug-likeness (QED) is 0.665. The summed E-state index contributed by atoms with van der Waals surface area (Å²) in [6, 6.07) is 6.13. The van der Waals surface area contributed by atoms with E-state index in [0.29, 0.717) is 35.8 Å². The van der Waals surface area contributed by atoms with Gasteiger partial charge in [0, 0.05) is 12.2 Å². The average Bonchev–Trinajstić information content (AvgIpc) is 3.23. The van der Waals surface area contributed by atoms with Gasteiger partial charge < -0.3 is 15.4 Å². The van der Waals surface area contributed by atoms with Crippen LogP contribution in [-0.2, 0) is 14.6 Å². The first-order chi connectivity index (χ1) is 13.5. The number of sulfone groups is 1. The smallest absolute Gasteiger partial charge is 0.319 e. The van der Waals surface area contributed by atoms with Crippen LogP contribution in [0.25, 0.3) is 0 Å². The monoisotopic (exact) mass is 408 g/mol. The molecule has 1 aromatic rings. The van der Waals surface area contributed by atoms with Gasteiger partial charge in [0.2, 0.25) is 0 Å². The third-order valence-corrected chi connectivity index (χ3v) is 8.21. The third kappa shape index (κ3) is 5.47. The summed E-state index contributed by atoms with van der Waals surface area (Å²) in [5.74, 6) is 0.585. The maximum Gasteiger partial charge on any atom is 0.319 e. The van der Waals surface area contributed by atoms with Crippen LogP contribution in [-0.4, -0.2) is 39.0 Å². The van der Waals surface area contributed by atoms with Crippen molar-refractivity contribution in [1.82, 2.24) is 5.32 Å². The molecular weight excluding hydrogens is 376 g/mol. The molecule has 2 atom stereocenters. The molecule has 156 valence electrons. The van der Waals surface area contributed by atoms with Crippen molar-refractivity contribution in [1.29, 1.82) is 0 Å². The van der Waals surface area contributed by atoms with Gasteiger partial charge in [0.25, 0.3) is 0 Å². The molecule has 0 bridgehead atoms. The van der Waals surface area contributed by atoms with E-state index >= 15 is 0 Å². The van der Waals surface area contributed by atoms with E-state index in [1.54, 1.807) is 24.3 Å². The van der Waals surface area contributed by atoms with Crippen LogP contribution in [0.1, 0.15) is 58.3 Å². The molecule has 2 aliphatic carbocycles. The van der Waals surface area contributed by atoms with Crippen LogP contribution in [0.2, 0.25) is 0 Å². The summed E-state index contributed by atoms with van der Waals surface area (Å²) >= 11 is 0. The average molecular weight is 409 g/mol. The van der Waals surface area contributed by atoms with E-state index in [1.165, 1.54) is 19.3 Å². The van der Waals surface area contributed by atoms with Crippen LogP contribution in [0.4, 0.5) is 10.5 Å². The Morgan fingerprint density at radius 3 is 2.36 bits per heavy atom. The number of hydrogen-bond acceptors (Lipinski definition) is 4. The number of hydrogen-bond donors (Lipinski definition) is 2. The first kappa shape index (κ1) is 21.1. The second-order valence-corrected chi connectivity index (χ2v) is 10.3. The molecule has 1 aromatic carbocycles. The van der Waals surface area contributed by atoms with Crippen molar-refractivity contribution >= 4 is 21.6 Å². The number of ether oxygens (including phenoxy) is 1. The van der Waals surface area contributed by atoms with Crippen molar-refractivity contribution in [3.63, 3.8) is 0 Å². The second-order valence-electron chi connectivity index (χ2n) is 8.03. The molecule has 2 aliphatic rings. The Labute approximate surface area is 168 Å². The van der Waals surface area contributed by atoms with Crippen molar-refractivity contribution in [2.75, 3.05) is 18.5 Å². The molecule has 0 radical (unpaired) electrons. The summed E-state index contributed by atoms with van der Waals surface area (Å²) in [7, 11) is -3.26. The first-order valence-corrected chi connectivity index (χ1v) is 12.0. The van der Waals surface area contributed by atoms with E-state index in [4.69, 9.17) is 4.74 Å². The van der Waals surface area contributed by atoms with Gasteiger partial charge in [-0.15, -0.1) is 0 Å². The standard InChI is InChI=1S/C21H32N2O4S/c1-16-6-2-5-9-20(16)27-15-14-22-21(24)23-17-10-12-19(13-11-17)28(25,26)18-7-3-4-8-18/h10-13,16,18,20H,2-9,14-15H2,1H3,(H2,22,23,24)/t16-,20+/m1/s1. The Morgan fingerprint density at radius 1 is 1.04 bits per heavy atom. The summed E-state index contributed by atoms with van der Waals surface area (Å²) in [6.07, 6.45) is 8.55. The molecule has 2 fully saturated rings. The van der Waals surface area contributed by atoms with E-state index in [1.807, 2.05) is 0 Å². The van der Waals surface area contributed by atoms with Gasteiger partial charge in [0.1, 0.15) is 0 Å². The summed E-state index contributed by atoms with van der Waals surface area (Å²) in [5.41, 5.74) is 0.574. The maximum absolute atomic E-state index is 12.6. The number of benzene rings is 1. The minimum Gasteiger partial charge on any atom is -0.376 e. The van der Waals surface area contributed by atoms with Gasteiger partial charge in [0.05, 0.1) is 22.9 Å². The predicted molar refractivity (Wildman–Crippen MR) is 110 cm³/mol. The predicted octanol–water partition coefficient (Wildman–Crippen LogP) is 4.12. The number of urea groups is 1. The van der Waals surface area contributed by atoms with Gasteiger partial charge in [-0.25, -0.2) is 13.2 Å². The fourth-order valence-electron chi connectivity index (χ4n) is 4.20. The molecule has 2 saturated carbocycles. The van der Waals surface area contributed by atoms with Crippen molar-refractivity contribution in [3.8, 4) is 0 Å². The van der Waals surface area contributed by atoms with Gasteiger partial charge >= 0.3 is 6.03 Å². The fourth-order valence-corrected chi connectivity index (χ4v) is 6.05. The van der Waals surface area contributed by atoms with Crippen molar-refractivity contribution in [2.24, 2.45) is 5.92 Å². The summed E-state index contributed by atoms with van der Waals surface area (Å²) < 4.78 is 31.1. The zero-order chi connectivity index (χ0) is 20.0. The third-order valence-electron chi connectivity index (χ3n) is 5.93. The maximum atomic E-state index is 12.6. The van der Waals surface area contributed by atoms with Crippen LogP contribution in [0.3, 0.4) is 0 Å². The van der Waals surface area contributed by atoms with Crippen molar-refractivity contribution in [3.05, 3.63) is 24.3 Å². The van der Waals surface area contributed by atoms with E-state index in [-0.39, 0.29) is 11.3 Å². The highest BCUT2D eigenvalue weighted by Crippen LogP contribution is 2.30. The summed E-state index contributed by atoms with van der Waals surface area (Å²) in [6.45, 7) is 3.17. The zero-order valence-electron chi connectivity index (χ0n) is 16.7. The van der Waals surface area contributed by atoms with Crippen LogP contribution < -0.4 is 10.6 Å². The molecule has 0 aromatic heterocycles. The molecule has 6 nitrogen and oxygen atoms in total. The Kier molecular flexibility index (Phi) is 7.35. The summed E-state index contributed by atoms with van der Waals surface area (Å²) in [4.78, 5) is 12.4. The number of amides is 2. The largest absolute Gasteiger partial charge is 0.376 e. The SMILES string of the molecule is C[C@@H]1CCCC[C@@H]1OCCNC(=O)Nc1ccc(S(=O)(=O)C2CCCC2)cc1. The first-order valence-electron chi connectivity index (χ1n) is 10.5. The van der Waals surface area contributed by atoms with Crippen LogP contribution in [0.5, 0.6) is 0 Å². The van der Waals surface area contributed by atoms with Crippen LogP contribution >= 0.6 is 0 Å².